The number of amides is 3. The summed E-state index contributed by atoms with van der Waals surface area (Å²) in [5.74, 6) is -0.743. The average molecular weight is 298 g/mol. The van der Waals surface area contributed by atoms with Crippen molar-refractivity contribution in [2.45, 2.75) is 31.9 Å². The van der Waals surface area contributed by atoms with Crippen LogP contribution in [0.2, 0.25) is 0 Å². The van der Waals surface area contributed by atoms with E-state index in [1.807, 2.05) is 0 Å². The molecule has 0 aromatic heterocycles. The lowest BCUT2D eigenvalue weighted by Crippen LogP contribution is -2.80. The van der Waals surface area contributed by atoms with Crippen molar-refractivity contribution in [3.8, 4) is 0 Å². The molecule has 118 valence electrons. The smallest absolute Gasteiger partial charge is 0.410 e. The number of β-lactam (4-membered cyclic amide) rings is 1. The summed E-state index contributed by atoms with van der Waals surface area (Å²) in [7, 11) is 0. The molecule has 0 aromatic carbocycles. The highest BCUT2D eigenvalue weighted by molar-refractivity contribution is 5.96. The summed E-state index contributed by atoms with van der Waals surface area (Å²) in [6.07, 6.45) is -0.426. The highest BCUT2D eigenvalue weighted by Crippen LogP contribution is 2.26. The van der Waals surface area contributed by atoms with E-state index in [1.165, 1.54) is 9.80 Å². The maximum absolute atomic E-state index is 12.2. The quantitative estimate of drug-likeness (QED) is 0.629. The summed E-state index contributed by atoms with van der Waals surface area (Å²) >= 11 is 0. The number of carbonyl (C=O) groups is 3. The van der Waals surface area contributed by atoms with Crippen LogP contribution in [0.3, 0.4) is 0 Å². The number of rotatable bonds is 2. The van der Waals surface area contributed by atoms with Crippen LogP contribution in [-0.4, -0.2) is 71.6 Å². The van der Waals surface area contributed by atoms with E-state index in [2.05, 4.69) is 5.32 Å². The number of nitrogens with one attached hydrogen (secondary N) is 1. The molecule has 1 spiro atoms. The van der Waals surface area contributed by atoms with Gasteiger partial charge >= 0.3 is 6.09 Å². The molecule has 2 aliphatic heterocycles. The van der Waals surface area contributed by atoms with Gasteiger partial charge in [-0.15, -0.1) is 0 Å². The van der Waals surface area contributed by atoms with Gasteiger partial charge in [0.2, 0.25) is 11.8 Å². The van der Waals surface area contributed by atoms with Gasteiger partial charge in [0.05, 0.1) is 19.6 Å². The molecule has 21 heavy (non-hydrogen) atoms. The number of nitrogens with two attached hydrogens (primary N) is 1. The zero-order valence-corrected chi connectivity index (χ0v) is 12.6. The topological polar surface area (TPSA) is 105 Å². The van der Waals surface area contributed by atoms with Crippen molar-refractivity contribution in [3.63, 3.8) is 0 Å². The van der Waals surface area contributed by atoms with Crippen molar-refractivity contribution >= 4 is 17.9 Å². The second kappa shape index (κ2) is 5.18. The van der Waals surface area contributed by atoms with E-state index in [9.17, 15) is 14.4 Å². The third kappa shape index (κ3) is 3.26. The van der Waals surface area contributed by atoms with Crippen LogP contribution in [-0.2, 0) is 14.3 Å². The fourth-order valence-corrected chi connectivity index (χ4v) is 2.61. The molecule has 0 bridgehead atoms. The van der Waals surface area contributed by atoms with Crippen LogP contribution < -0.4 is 11.1 Å². The Kier molecular flexibility index (Phi) is 3.83. The monoisotopic (exact) mass is 298 g/mol. The summed E-state index contributed by atoms with van der Waals surface area (Å²) in [6.45, 7) is 6.91. The Morgan fingerprint density at radius 1 is 1.38 bits per heavy atom. The van der Waals surface area contributed by atoms with Crippen LogP contribution in [0.4, 0.5) is 4.79 Å². The zero-order valence-electron chi connectivity index (χ0n) is 12.6. The largest absolute Gasteiger partial charge is 0.444 e. The summed E-state index contributed by atoms with van der Waals surface area (Å²) < 4.78 is 5.33. The predicted octanol–water partition coefficient (Wildman–Crippen LogP) is -1.11. The number of likely N-dealkylation sites (tertiary alicyclic amines) is 1. The Morgan fingerprint density at radius 3 is 2.57 bits per heavy atom. The third-order valence-corrected chi connectivity index (χ3v) is 3.46. The molecular formula is C13H22N4O4. The van der Waals surface area contributed by atoms with Gasteiger partial charge in [-0.3, -0.25) is 14.9 Å². The zero-order chi connectivity index (χ0) is 15.8. The Morgan fingerprint density at radius 2 is 2.05 bits per heavy atom. The fraction of sp³-hybridized carbons (Fsp3) is 0.769. The van der Waals surface area contributed by atoms with E-state index in [-0.39, 0.29) is 19.0 Å². The van der Waals surface area contributed by atoms with Crippen molar-refractivity contribution in [1.82, 2.24) is 15.1 Å². The number of primary amides is 1. The Bertz CT molecular complexity index is 473. The minimum absolute atomic E-state index is 0.0886. The highest BCUT2D eigenvalue weighted by atomic mass is 16.6. The second-order valence-electron chi connectivity index (χ2n) is 6.54. The van der Waals surface area contributed by atoms with Gasteiger partial charge in [0.25, 0.3) is 0 Å². The van der Waals surface area contributed by atoms with E-state index < -0.39 is 23.1 Å². The van der Waals surface area contributed by atoms with Gasteiger partial charge in [-0.1, -0.05) is 0 Å². The molecule has 8 nitrogen and oxygen atoms in total. The number of piperazine rings is 1. The molecule has 1 atom stereocenters. The van der Waals surface area contributed by atoms with Crippen molar-refractivity contribution < 1.29 is 19.1 Å². The summed E-state index contributed by atoms with van der Waals surface area (Å²) in [4.78, 5) is 38.1. The molecule has 3 N–H and O–H groups in total. The molecule has 0 aromatic rings. The van der Waals surface area contributed by atoms with Crippen LogP contribution in [0.25, 0.3) is 0 Å². The number of nitrogens with zero attached hydrogens (tertiary/aromatic N) is 2. The first-order valence-corrected chi connectivity index (χ1v) is 6.94. The number of ether oxygens (including phenoxy) is 1. The summed E-state index contributed by atoms with van der Waals surface area (Å²) in [5.41, 5.74) is 3.72. The summed E-state index contributed by atoms with van der Waals surface area (Å²) in [6, 6.07) is 0. The molecule has 8 heteroatoms. The van der Waals surface area contributed by atoms with Gasteiger partial charge in [0.1, 0.15) is 11.1 Å². The maximum atomic E-state index is 12.2. The standard InChI is InChI=1S/C13H22N4O4/c1-12(2,3)21-11(20)16-5-4-15-13(7-16)8-17(10(13)19)6-9(14)18/h15H,4-8H2,1-3H3,(H2,14,18). The minimum atomic E-state index is -0.801. The van der Waals surface area contributed by atoms with Gasteiger partial charge in [0, 0.05) is 13.1 Å². The van der Waals surface area contributed by atoms with Gasteiger partial charge in [-0.05, 0) is 20.8 Å². The van der Waals surface area contributed by atoms with Crippen LogP contribution in [0.1, 0.15) is 20.8 Å². The van der Waals surface area contributed by atoms with E-state index in [0.717, 1.165) is 0 Å². The molecule has 2 fully saturated rings. The molecule has 1 unspecified atom stereocenters. The Balaban J connectivity index is 1.97. The van der Waals surface area contributed by atoms with Gasteiger partial charge in [0.15, 0.2) is 0 Å². The van der Waals surface area contributed by atoms with Crippen LogP contribution in [0, 0.1) is 0 Å². The van der Waals surface area contributed by atoms with Crippen molar-refractivity contribution in [3.05, 3.63) is 0 Å². The van der Waals surface area contributed by atoms with Crippen molar-refractivity contribution in [1.29, 1.82) is 0 Å². The molecule has 0 radical (unpaired) electrons. The second-order valence-corrected chi connectivity index (χ2v) is 6.54. The SMILES string of the molecule is CC(C)(C)OC(=O)N1CCNC2(C1)CN(CC(N)=O)C2=O. The van der Waals surface area contributed by atoms with Gasteiger partial charge in [-0.25, -0.2) is 4.79 Å². The molecule has 0 saturated carbocycles. The summed E-state index contributed by atoms with van der Waals surface area (Å²) in [5, 5.41) is 3.14. The molecular weight excluding hydrogens is 276 g/mol. The van der Waals surface area contributed by atoms with Crippen LogP contribution in [0.15, 0.2) is 0 Å². The third-order valence-electron chi connectivity index (χ3n) is 3.46. The maximum Gasteiger partial charge on any atom is 0.410 e. The molecule has 2 aliphatic rings. The predicted molar refractivity (Wildman–Crippen MR) is 74.3 cm³/mol. The highest BCUT2D eigenvalue weighted by Gasteiger charge is 2.55. The molecule has 0 aliphatic carbocycles. The average Bonchev–Trinajstić information content (AvgIpc) is 2.36. The Labute approximate surface area is 123 Å². The van der Waals surface area contributed by atoms with Gasteiger partial charge < -0.3 is 20.3 Å². The van der Waals surface area contributed by atoms with Crippen molar-refractivity contribution in [2.75, 3.05) is 32.7 Å². The number of hydrogen-bond acceptors (Lipinski definition) is 5. The lowest BCUT2D eigenvalue weighted by Gasteiger charge is -2.52. The van der Waals surface area contributed by atoms with Gasteiger partial charge in [-0.2, -0.15) is 0 Å². The van der Waals surface area contributed by atoms with E-state index in [1.54, 1.807) is 20.8 Å². The fourth-order valence-electron chi connectivity index (χ4n) is 2.61. The van der Waals surface area contributed by atoms with E-state index >= 15 is 0 Å². The first-order chi connectivity index (χ1) is 9.63. The Hall–Kier alpha value is -1.83. The van der Waals surface area contributed by atoms with E-state index in [0.29, 0.717) is 19.6 Å². The first kappa shape index (κ1) is 15.6. The molecule has 2 rings (SSSR count). The number of carbonyl (C=O) groups excluding carboxylic acids is 3. The molecule has 2 saturated heterocycles. The van der Waals surface area contributed by atoms with Crippen LogP contribution in [0.5, 0.6) is 0 Å². The number of hydrogen-bond donors (Lipinski definition) is 2. The van der Waals surface area contributed by atoms with Crippen molar-refractivity contribution in [2.24, 2.45) is 5.73 Å². The normalized spacial score (nSPS) is 25.8. The lowest BCUT2D eigenvalue weighted by molar-refractivity contribution is -0.158. The lowest BCUT2D eigenvalue weighted by atomic mass is 9.86. The van der Waals surface area contributed by atoms with Crippen LogP contribution >= 0.6 is 0 Å². The molecule has 2 heterocycles. The minimum Gasteiger partial charge on any atom is -0.444 e. The molecule has 3 amide bonds. The first-order valence-electron chi connectivity index (χ1n) is 6.94. The van der Waals surface area contributed by atoms with E-state index in [4.69, 9.17) is 10.5 Å².